The monoisotopic (exact) mass is 450 g/mol. The van der Waals surface area contributed by atoms with E-state index in [2.05, 4.69) is 17.4 Å². The van der Waals surface area contributed by atoms with Crippen LogP contribution >= 0.6 is 0 Å². The van der Waals surface area contributed by atoms with Gasteiger partial charge in [-0.25, -0.2) is 9.59 Å². The minimum absolute atomic E-state index is 0.0695. The van der Waals surface area contributed by atoms with Crippen LogP contribution in [0.5, 0.6) is 0 Å². The van der Waals surface area contributed by atoms with Crippen molar-refractivity contribution in [3.63, 3.8) is 0 Å². The van der Waals surface area contributed by atoms with Gasteiger partial charge in [0, 0.05) is 12.5 Å². The molecule has 2 aromatic carbocycles. The quantitative estimate of drug-likeness (QED) is 0.602. The molecule has 7 heteroatoms. The standard InChI is InChI=1S/C26H30N2O5/c1-3-28(16(2)25(30)31)24(29)23(14-17-12-13-17)27-26(32)33-15-22-20-10-6-4-8-18(20)19-9-5-7-11-21(19)22/h4-11,16-17,22-23H,3,12-15H2,1-2H3,(H,27,32)(H,30,31)/t16?,23-/m0/s1. The fourth-order valence-corrected chi connectivity index (χ4v) is 4.64. The van der Waals surface area contributed by atoms with E-state index in [0.717, 1.165) is 35.1 Å². The molecule has 1 saturated carbocycles. The molecule has 0 bridgehead atoms. The van der Waals surface area contributed by atoms with Crippen LogP contribution in [-0.2, 0) is 14.3 Å². The molecule has 2 amide bonds. The number of carboxylic acid groups (broad SMARTS) is 1. The molecule has 1 fully saturated rings. The number of likely N-dealkylation sites (N-methyl/N-ethyl adjacent to an activating group) is 1. The van der Waals surface area contributed by atoms with Crippen LogP contribution in [0.15, 0.2) is 48.5 Å². The normalized spacial score (nSPS) is 16.3. The van der Waals surface area contributed by atoms with Crippen LogP contribution in [0.4, 0.5) is 4.79 Å². The Labute approximate surface area is 193 Å². The number of amides is 2. The summed E-state index contributed by atoms with van der Waals surface area (Å²) in [6, 6.07) is 14.4. The molecule has 0 saturated heterocycles. The smallest absolute Gasteiger partial charge is 0.407 e. The average molecular weight is 451 g/mol. The maximum absolute atomic E-state index is 13.1. The van der Waals surface area contributed by atoms with Crippen LogP contribution in [0.1, 0.15) is 50.2 Å². The lowest BCUT2D eigenvalue weighted by Gasteiger charge is -2.29. The van der Waals surface area contributed by atoms with Crippen molar-refractivity contribution in [2.24, 2.45) is 5.92 Å². The summed E-state index contributed by atoms with van der Waals surface area (Å²) in [5, 5.41) is 12.1. The van der Waals surface area contributed by atoms with Crippen LogP contribution < -0.4 is 5.32 Å². The van der Waals surface area contributed by atoms with Crippen LogP contribution in [0.2, 0.25) is 0 Å². The molecule has 2 N–H and O–H groups in total. The Morgan fingerprint density at radius 2 is 1.64 bits per heavy atom. The number of ether oxygens (including phenoxy) is 1. The van der Waals surface area contributed by atoms with Gasteiger partial charge >= 0.3 is 12.1 Å². The van der Waals surface area contributed by atoms with Gasteiger partial charge in [-0.2, -0.15) is 0 Å². The molecule has 0 spiro atoms. The fourth-order valence-electron chi connectivity index (χ4n) is 4.64. The Bertz CT molecular complexity index is 1000. The molecule has 1 unspecified atom stereocenters. The zero-order valence-electron chi connectivity index (χ0n) is 19.0. The number of aliphatic carboxylic acids is 1. The molecule has 0 heterocycles. The van der Waals surface area contributed by atoms with E-state index in [4.69, 9.17) is 4.74 Å². The summed E-state index contributed by atoms with van der Waals surface area (Å²) in [5.74, 6) is -1.16. The Balaban J connectivity index is 1.44. The van der Waals surface area contributed by atoms with Gasteiger partial charge in [0.15, 0.2) is 0 Å². The van der Waals surface area contributed by atoms with Crippen molar-refractivity contribution in [3.8, 4) is 11.1 Å². The Kier molecular flexibility index (Phi) is 6.67. The minimum atomic E-state index is -1.07. The Hall–Kier alpha value is -3.35. The summed E-state index contributed by atoms with van der Waals surface area (Å²) >= 11 is 0. The molecule has 7 nitrogen and oxygen atoms in total. The SMILES string of the molecule is CCN(C(=O)[C@H](CC1CC1)NC(=O)OCC1c2ccccc2-c2ccccc21)C(C)C(=O)O. The van der Waals surface area contributed by atoms with Crippen LogP contribution in [-0.4, -0.2) is 53.2 Å². The maximum atomic E-state index is 13.1. The van der Waals surface area contributed by atoms with Crippen molar-refractivity contribution in [1.82, 2.24) is 10.2 Å². The van der Waals surface area contributed by atoms with Crippen LogP contribution in [0.3, 0.4) is 0 Å². The van der Waals surface area contributed by atoms with Crippen molar-refractivity contribution in [3.05, 3.63) is 59.7 Å². The highest BCUT2D eigenvalue weighted by Crippen LogP contribution is 2.44. The predicted molar refractivity (Wildman–Crippen MR) is 124 cm³/mol. The Morgan fingerprint density at radius 3 is 2.15 bits per heavy atom. The third-order valence-electron chi connectivity index (χ3n) is 6.65. The number of benzene rings is 2. The maximum Gasteiger partial charge on any atom is 0.407 e. The molecule has 0 aliphatic heterocycles. The second-order valence-corrected chi connectivity index (χ2v) is 8.84. The number of carbonyl (C=O) groups is 3. The third-order valence-corrected chi connectivity index (χ3v) is 6.65. The van der Waals surface area contributed by atoms with Crippen LogP contribution in [0, 0.1) is 5.92 Å². The van der Waals surface area contributed by atoms with Gasteiger partial charge in [0.2, 0.25) is 5.91 Å². The second kappa shape index (κ2) is 9.65. The number of nitrogens with one attached hydrogen (secondary N) is 1. The van der Waals surface area contributed by atoms with Gasteiger partial charge in [-0.05, 0) is 48.4 Å². The minimum Gasteiger partial charge on any atom is -0.480 e. The van der Waals surface area contributed by atoms with Crippen molar-refractivity contribution >= 4 is 18.0 Å². The van der Waals surface area contributed by atoms with E-state index in [0.29, 0.717) is 12.3 Å². The topological polar surface area (TPSA) is 95.9 Å². The highest BCUT2D eigenvalue weighted by atomic mass is 16.5. The summed E-state index contributed by atoms with van der Waals surface area (Å²) in [6.07, 6.45) is 1.86. The molecule has 2 atom stereocenters. The summed E-state index contributed by atoms with van der Waals surface area (Å²) < 4.78 is 5.61. The Morgan fingerprint density at radius 1 is 1.06 bits per heavy atom. The summed E-state index contributed by atoms with van der Waals surface area (Å²) in [7, 11) is 0. The van der Waals surface area contributed by atoms with E-state index in [1.165, 1.54) is 11.8 Å². The largest absolute Gasteiger partial charge is 0.480 e. The summed E-state index contributed by atoms with van der Waals surface area (Å²) in [5.41, 5.74) is 4.52. The molecule has 33 heavy (non-hydrogen) atoms. The molecule has 0 aromatic heterocycles. The molecular formula is C26H30N2O5. The van der Waals surface area contributed by atoms with E-state index >= 15 is 0 Å². The van der Waals surface area contributed by atoms with Gasteiger partial charge < -0.3 is 20.1 Å². The zero-order valence-corrected chi connectivity index (χ0v) is 19.0. The molecule has 2 aliphatic rings. The number of carboxylic acids is 1. The van der Waals surface area contributed by atoms with Gasteiger partial charge in [0.25, 0.3) is 0 Å². The summed E-state index contributed by atoms with van der Waals surface area (Å²) in [6.45, 7) is 3.62. The lowest BCUT2D eigenvalue weighted by atomic mass is 9.98. The predicted octanol–water partition coefficient (Wildman–Crippen LogP) is 4.02. The number of nitrogens with zero attached hydrogens (tertiary/aromatic N) is 1. The number of alkyl carbamates (subject to hydrolysis) is 1. The first kappa shape index (κ1) is 22.8. The van der Waals surface area contributed by atoms with Crippen molar-refractivity contribution in [2.75, 3.05) is 13.2 Å². The van der Waals surface area contributed by atoms with Crippen molar-refractivity contribution in [1.29, 1.82) is 0 Å². The molecule has 2 aromatic rings. The van der Waals surface area contributed by atoms with Crippen molar-refractivity contribution in [2.45, 2.75) is 51.1 Å². The molecular weight excluding hydrogens is 420 g/mol. The highest BCUT2D eigenvalue weighted by Gasteiger charge is 2.36. The number of hydrogen-bond donors (Lipinski definition) is 2. The van der Waals surface area contributed by atoms with Gasteiger partial charge in [0.05, 0.1) is 0 Å². The molecule has 174 valence electrons. The number of fused-ring (bicyclic) bond motifs is 3. The molecule has 0 radical (unpaired) electrons. The summed E-state index contributed by atoms with van der Waals surface area (Å²) in [4.78, 5) is 38.6. The van der Waals surface area contributed by atoms with Crippen molar-refractivity contribution < 1.29 is 24.2 Å². The molecule has 4 rings (SSSR count). The van der Waals surface area contributed by atoms with Gasteiger partial charge in [0.1, 0.15) is 18.7 Å². The van der Waals surface area contributed by atoms with E-state index < -0.39 is 24.1 Å². The number of carbonyl (C=O) groups excluding carboxylic acids is 2. The number of hydrogen-bond acceptors (Lipinski definition) is 4. The zero-order chi connectivity index (χ0) is 23.5. The van der Waals surface area contributed by atoms with E-state index in [9.17, 15) is 19.5 Å². The lowest BCUT2D eigenvalue weighted by Crippen LogP contribution is -2.53. The first-order chi connectivity index (χ1) is 15.9. The molecule has 2 aliphatic carbocycles. The van der Waals surface area contributed by atoms with Crippen LogP contribution in [0.25, 0.3) is 11.1 Å². The fraction of sp³-hybridized carbons (Fsp3) is 0.423. The van der Waals surface area contributed by atoms with E-state index in [1.54, 1.807) is 6.92 Å². The first-order valence-electron chi connectivity index (χ1n) is 11.6. The van der Waals surface area contributed by atoms with Gasteiger partial charge in [-0.3, -0.25) is 4.79 Å². The van der Waals surface area contributed by atoms with E-state index in [-0.39, 0.29) is 25.0 Å². The number of rotatable bonds is 9. The van der Waals surface area contributed by atoms with Gasteiger partial charge in [-0.15, -0.1) is 0 Å². The van der Waals surface area contributed by atoms with E-state index in [1.807, 2.05) is 36.4 Å². The van der Waals surface area contributed by atoms with Gasteiger partial charge in [-0.1, -0.05) is 61.4 Å². The second-order valence-electron chi connectivity index (χ2n) is 8.84. The third kappa shape index (κ3) is 4.87. The highest BCUT2D eigenvalue weighted by molar-refractivity contribution is 5.89. The first-order valence-corrected chi connectivity index (χ1v) is 11.6. The average Bonchev–Trinajstić information content (AvgIpc) is 3.58. The lowest BCUT2D eigenvalue weighted by molar-refractivity contribution is -0.150.